The number of aliphatic hydroxyl groups excluding tert-OH is 3. The van der Waals surface area contributed by atoms with Crippen LogP contribution in [0.4, 0.5) is 0 Å². The minimum atomic E-state index is -1.59. The van der Waals surface area contributed by atoms with Gasteiger partial charge in [0.15, 0.2) is 11.5 Å². The van der Waals surface area contributed by atoms with Crippen LogP contribution in [-0.4, -0.2) is 76.1 Å². The lowest BCUT2D eigenvalue weighted by Crippen LogP contribution is -2.54. The molecule has 0 radical (unpaired) electrons. The van der Waals surface area contributed by atoms with Gasteiger partial charge in [-0.25, -0.2) is 4.42 Å². The van der Waals surface area contributed by atoms with Crippen LogP contribution in [0.15, 0.2) is 34.7 Å². The standard InChI is InChI=1S/C22H22O11/c1-29-15-3-9(4-16(30-2)19(15)27)21-17(33-22-20(28)18(26)13(25)8-31-22)7-11-12(24)5-10(23)6-14(11)32-21/h3-7,13,18,20,22,25-26,28H,8H2,1-2H3,(H2-,23,24,27)/p+1/t13-,18+,20-,22+/m1/s1. The van der Waals surface area contributed by atoms with Gasteiger partial charge in [0.25, 0.3) is 0 Å². The maximum absolute atomic E-state index is 10.3. The average molecular weight is 463 g/mol. The average Bonchev–Trinajstić information content (AvgIpc) is 2.79. The quantitative estimate of drug-likeness (QED) is 0.302. The van der Waals surface area contributed by atoms with Crippen molar-refractivity contribution in [2.45, 2.75) is 24.6 Å². The molecular formula is C22H23O11+. The van der Waals surface area contributed by atoms with Crippen LogP contribution in [0.5, 0.6) is 34.5 Å². The predicted molar refractivity (Wildman–Crippen MR) is 113 cm³/mol. The third-order valence-corrected chi connectivity index (χ3v) is 5.26. The highest BCUT2D eigenvalue weighted by molar-refractivity contribution is 5.88. The van der Waals surface area contributed by atoms with Gasteiger partial charge in [-0.15, -0.1) is 0 Å². The predicted octanol–water partition coefficient (Wildman–Crippen LogP) is 1.33. The van der Waals surface area contributed by atoms with E-state index in [2.05, 4.69) is 0 Å². The van der Waals surface area contributed by atoms with E-state index in [1.165, 1.54) is 38.5 Å². The van der Waals surface area contributed by atoms with Crippen molar-refractivity contribution in [1.29, 1.82) is 0 Å². The third kappa shape index (κ3) is 4.14. The molecule has 0 spiro atoms. The topological polar surface area (TPSA) is 170 Å². The van der Waals surface area contributed by atoms with Gasteiger partial charge in [-0.1, -0.05) is 0 Å². The van der Waals surface area contributed by atoms with Crippen molar-refractivity contribution < 1.29 is 54.0 Å². The Balaban J connectivity index is 1.89. The van der Waals surface area contributed by atoms with E-state index >= 15 is 0 Å². The van der Waals surface area contributed by atoms with E-state index in [1.54, 1.807) is 0 Å². The van der Waals surface area contributed by atoms with Crippen LogP contribution in [-0.2, 0) is 4.74 Å². The molecule has 2 heterocycles. The van der Waals surface area contributed by atoms with Gasteiger partial charge >= 0.3 is 11.3 Å². The van der Waals surface area contributed by atoms with Crippen molar-refractivity contribution in [2.24, 2.45) is 0 Å². The molecule has 11 heteroatoms. The van der Waals surface area contributed by atoms with Gasteiger partial charge in [-0.2, -0.15) is 0 Å². The zero-order chi connectivity index (χ0) is 23.9. The van der Waals surface area contributed by atoms with Gasteiger partial charge in [0.1, 0.15) is 35.2 Å². The number of methoxy groups -OCH3 is 2. The number of rotatable bonds is 5. The molecule has 3 aromatic rings. The van der Waals surface area contributed by atoms with Crippen LogP contribution in [0.25, 0.3) is 22.3 Å². The lowest BCUT2D eigenvalue weighted by molar-refractivity contribution is -0.242. The fourth-order valence-electron chi connectivity index (χ4n) is 3.51. The Morgan fingerprint density at radius 1 is 0.879 bits per heavy atom. The second-order valence-corrected chi connectivity index (χ2v) is 7.41. The molecule has 176 valence electrons. The highest BCUT2D eigenvalue weighted by atomic mass is 16.7. The molecule has 0 bridgehead atoms. The van der Waals surface area contributed by atoms with Gasteiger partial charge in [-0.05, 0) is 0 Å². The molecule has 6 N–H and O–H groups in total. The summed E-state index contributed by atoms with van der Waals surface area (Å²) in [4.78, 5) is 0. The maximum atomic E-state index is 10.3. The van der Waals surface area contributed by atoms with Gasteiger partial charge in [0.05, 0.1) is 32.5 Å². The molecule has 1 aliphatic rings. The molecule has 2 aromatic carbocycles. The van der Waals surface area contributed by atoms with Crippen LogP contribution in [0.3, 0.4) is 0 Å². The van der Waals surface area contributed by atoms with E-state index in [0.717, 1.165) is 6.07 Å². The summed E-state index contributed by atoms with van der Waals surface area (Å²) in [5.74, 6) is -0.635. The number of phenols is 3. The minimum Gasteiger partial charge on any atom is -0.507 e. The summed E-state index contributed by atoms with van der Waals surface area (Å²) in [6.07, 6.45) is -5.77. The van der Waals surface area contributed by atoms with Crippen molar-refractivity contribution in [2.75, 3.05) is 20.8 Å². The highest BCUT2D eigenvalue weighted by Gasteiger charge is 2.40. The van der Waals surface area contributed by atoms with Gasteiger partial charge in [-0.3, -0.25) is 0 Å². The molecule has 4 atom stereocenters. The Kier molecular flexibility index (Phi) is 6.04. The lowest BCUT2D eigenvalue weighted by Gasteiger charge is -2.34. The highest BCUT2D eigenvalue weighted by Crippen LogP contribution is 2.45. The Hall–Kier alpha value is -3.51. The Labute approximate surface area is 187 Å². The molecular weight excluding hydrogens is 440 g/mol. The van der Waals surface area contributed by atoms with Crippen molar-refractivity contribution in [3.05, 3.63) is 30.3 Å². The maximum Gasteiger partial charge on any atom is 0.402 e. The summed E-state index contributed by atoms with van der Waals surface area (Å²) in [5.41, 5.74) is 0.411. The van der Waals surface area contributed by atoms with E-state index in [9.17, 15) is 30.6 Å². The summed E-state index contributed by atoms with van der Waals surface area (Å²) < 4.78 is 27.4. The molecule has 0 unspecified atom stereocenters. The summed E-state index contributed by atoms with van der Waals surface area (Å²) in [7, 11) is 2.70. The second-order valence-electron chi connectivity index (χ2n) is 7.41. The van der Waals surface area contributed by atoms with Crippen LogP contribution in [0.2, 0.25) is 0 Å². The number of aliphatic hydroxyl groups is 3. The van der Waals surface area contributed by atoms with Crippen LogP contribution in [0, 0.1) is 0 Å². The first-order valence-corrected chi connectivity index (χ1v) is 9.84. The van der Waals surface area contributed by atoms with Crippen molar-refractivity contribution in [3.63, 3.8) is 0 Å². The first-order valence-electron chi connectivity index (χ1n) is 9.84. The van der Waals surface area contributed by atoms with Crippen molar-refractivity contribution >= 4 is 11.0 Å². The van der Waals surface area contributed by atoms with E-state index in [-0.39, 0.29) is 57.8 Å². The van der Waals surface area contributed by atoms with Crippen LogP contribution in [0.1, 0.15) is 0 Å². The summed E-state index contributed by atoms with van der Waals surface area (Å²) in [6, 6.07) is 6.66. The summed E-state index contributed by atoms with van der Waals surface area (Å²) >= 11 is 0. The van der Waals surface area contributed by atoms with Gasteiger partial charge in [0.2, 0.25) is 17.8 Å². The molecule has 0 aliphatic carbocycles. The fourth-order valence-corrected chi connectivity index (χ4v) is 3.51. The van der Waals surface area contributed by atoms with E-state index in [0.29, 0.717) is 5.56 Å². The number of aromatic hydroxyl groups is 3. The molecule has 1 saturated heterocycles. The first kappa shape index (κ1) is 22.7. The number of hydrogen-bond acceptors (Lipinski definition) is 10. The molecule has 1 aromatic heterocycles. The minimum absolute atomic E-state index is 0.0223. The fraction of sp³-hybridized carbons (Fsp3) is 0.318. The summed E-state index contributed by atoms with van der Waals surface area (Å²) in [5, 5.41) is 60.5. The molecule has 11 nitrogen and oxygen atoms in total. The molecule has 0 saturated carbocycles. The Morgan fingerprint density at radius 3 is 2.18 bits per heavy atom. The molecule has 1 fully saturated rings. The lowest BCUT2D eigenvalue weighted by atomic mass is 10.1. The smallest absolute Gasteiger partial charge is 0.402 e. The summed E-state index contributed by atoms with van der Waals surface area (Å²) in [6.45, 7) is -0.289. The monoisotopic (exact) mass is 463 g/mol. The third-order valence-electron chi connectivity index (χ3n) is 5.26. The number of phenolic OH excluding ortho intramolecular Hbond substituents is 3. The zero-order valence-corrected chi connectivity index (χ0v) is 17.6. The van der Waals surface area contributed by atoms with Crippen molar-refractivity contribution in [3.8, 4) is 45.8 Å². The molecule has 1 aliphatic heterocycles. The number of hydrogen-bond donors (Lipinski definition) is 6. The van der Waals surface area contributed by atoms with Crippen LogP contribution >= 0.6 is 0 Å². The number of benzene rings is 2. The molecule has 4 rings (SSSR count). The largest absolute Gasteiger partial charge is 0.507 e. The van der Waals surface area contributed by atoms with Gasteiger partial charge < -0.3 is 49.6 Å². The number of fused-ring (bicyclic) bond motifs is 1. The van der Waals surface area contributed by atoms with E-state index in [1.807, 2.05) is 0 Å². The Morgan fingerprint density at radius 2 is 1.55 bits per heavy atom. The van der Waals surface area contributed by atoms with Crippen molar-refractivity contribution in [1.82, 2.24) is 0 Å². The van der Waals surface area contributed by atoms with E-state index < -0.39 is 24.6 Å². The second kappa shape index (κ2) is 8.79. The normalized spacial score (nSPS) is 22.8. The van der Waals surface area contributed by atoms with Gasteiger partial charge in [0, 0.05) is 24.3 Å². The molecule has 0 amide bonds. The Bertz CT molecular complexity index is 1150. The zero-order valence-electron chi connectivity index (χ0n) is 17.6. The van der Waals surface area contributed by atoms with Crippen LogP contribution < -0.4 is 14.2 Å². The van der Waals surface area contributed by atoms with E-state index in [4.69, 9.17) is 23.4 Å². The molecule has 33 heavy (non-hydrogen) atoms. The first-order chi connectivity index (χ1) is 15.7. The number of ether oxygens (including phenoxy) is 4. The SMILES string of the molecule is COc1cc(-c2[o+]c3cc(O)cc(O)c3cc2O[C@@H]2OC[C@@H](O)[C@H](O)[C@H]2O)cc(OC)c1O.